The number of amides is 1. The number of hydrogen-bond acceptors (Lipinski definition) is 3. The predicted octanol–water partition coefficient (Wildman–Crippen LogP) is 1.75. The van der Waals surface area contributed by atoms with Gasteiger partial charge in [0, 0.05) is 53.9 Å². The molecule has 0 aliphatic carbocycles. The summed E-state index contributed by atoms with van der Waals surface area (Å²) in [5.41, 5.74) is 1.09. The Hall–Kier alpha value is -1.89. The molecule has 2 unspecified atom stereocenters. The number of rotatable bonds is 8. The maximum atomic E-state index is 12.2. The quantitative estimate of drug-likeness (QED) is 0.522. The van der Waals surface area contributed by atoms with Crippen molar-refractivity contribution in [1.82, 2.24) is 15.5 Å². The zero-order valence-electron chi connectivity index (χ0n) is 16.6. The van der Waals surface area contributed by atoms with E-state index in [-0.39, 0.29) is 17.9 Å². The SMILES string of the molecule is CCNC(=NCCS(=O)Cc1ccccc1)NC1CCN(C(=O)C(C)C)C1. The molecule has 1 aliphatic rings. The molecule has 1 aromatic rings. The largest absolute Gasteiger partial charge is 0.357 e. The third-order valence-corrected chi connectivity index (χ3v) is 5.73. The van der Waals surface area contributed by atoms with Crippen molar-refractivity contribution >= 4 is 22.7 Å². The summed E-state index contributed by atoms with van der Waals surface area (Å²) in [5, 5.41) is 6.65. The van der Waals surface area contributed by atoms with Gasteiger partial charge in [-0.1, -0.05) is 44.2 Å². The van der Waals surface area contributed by atoms with Crippen molar-refractivity contribution in [2.24, 2.45) is 10.9 Å². The van der Waals surface area contributed by atoms with Gasteiger partial charge in [-0.15, -0.1) is 0 Å². The summed E-state index contributed by atoms with van der Waals surface area (Å²) in [6.45, 7) is 8.66. The van der Waals surface area contributed by atoms with Gasteiger partial charge in [0.25, 0.3) is 0 Å². The minimum Gasteiger partial charge on any atom is -0.357 e. The van der Waals surface area contributed by atoms with Crippen molar-refractivity contribution < 1.29 is 9.00 Å². The number of carbonyl (C=O) groups excluding carboxylic acids is 1. The van der Waals surface area contributed by atoms with E-state index >= 15 is 0 Å². The Bertz CT molecular complexity index is 649. The molecule has 1 aromatic carbocycles. The normalized spacial score (nSPS) is 18.6. The highest BCUT2D eigenvalue weighted by atomic mass is 32.2. The molecular weight excluding hydrogens is 360 g/mol. The predicted molar refractivity (Wildman–Crippen MR) is 112 cm³/mol. The van der Waals surface area contributed by atoms with Gasteiger partial charge < -0.3 is 15.5 Å². The van der Waals surface area contributed by atoms with Crippen molar-refractivity contribution in [2.45, 2.75) is 39.0 Å². The van der Waals surface area contributed by atoms with Crippen LogP contribution in [0.25, 0.3) is 0 Å². The fraction of sp³-hybridized carbons (Fsp3) is 0.600. The van der Waals surface area contributed by atoms with Gasteiger partial charge in [0.2, 0.25) is 5.91 Å². The van der Waals surface area contributed by atoms with Gasteiger partial charge in [-0.05, 0) is 18.9 Å². The number of nitrogens with one attached hydrogen (secondary N) is 2. The Morgan fingerprint density at radius 1 is 1.33 bits per heavy atom. The molecule has 2 atom stereocenters. The molecule has 0 saturated carbocycles. The molecule has 2 rings (SSSR count). The Labute approximate surface area is 165 Å². The lowest BCUT2D eigenvalue weighted by molar-refractivity contribution is -0.133. The van der Waals surface area contributed by atoms with Gasteiger partial charge >= 0.3 is 0 Å². The molecule has 7 heteroatoms. The number of hydrogen-bond donors (Lipinski definition) is 2. The second-order valence-electron chi connectivity index (χ2n) is 7.10. The van der Waals surface area contributed by atoms with E-state index in [9.17, 15) is 9.00 Å². The van der Waals surface area contributed by atoms with Crippen LogP contribution in [0.5, 0.6) is 0 Å². The molecule has 6 nitrogen and oxygen atoms in total. The topological polar surface area (TPSA) is 73.8 Å². The monoisotopic (exact) mass is 392 g/mol. The molecule has 150 valence electrons. The van der Waals surface area contributed by atoms with E-state index in [1.165, 1.54) is 0 Å². The fourth-order valence-electron chi connectivity index (χ4n) is 3.05. The van der Waals surface area contributed by atoms with Crippen LogP contribution in [0.1, 0.15) is 32.8 Å². The summed E-state index contributed by atoms with van der Waals surface area (Å²) in [5.74, 6) is 2.07. The van der Waals surface area contributed by atoms with Crippen molar-refractivity contribution in [3.05, 3.63) is 35.9 Å². The van der Waals surface area contributed by atoms with Gasteiger partial charge in [0.05, 0.1) is 6.54 Å². The third-order valence-electron chi connectivity index (χ3n) is 4.44. The first-order chi connectivity index (χ1) is 13.0. The van der Waals surface area contributed by atoms with Crippen molar-refractivity contribution in [1.29, 1.82) is 0 Å². The van der Waals surface area contributed by atoms with Crippen LogP contribution in [0.3, 0.4) is 0 Å². The van der Waals surface area contributed by atoms with Crippen molar-refractivity contribution in [2.75, 3.05) is 31.9 Å². The lowest BCUT2D eigenvalue weighted by Crippen LogP contribution is -2.45. The van der Waals surface area contributed by atoms with E-state index in [2.05, 4.69) is 15.6 Å². The number of aliphatic imine (C=N–C) groups is 1. The molecule has 0 aromatic heterocycles. The van der Waals surface area contributed by atoms with Crippen LogP contribution >= 0.6 is 0 Å². The third kappa shape index (κ3) is 7.33. The summed E-state index contributed by atoms with van der Waals surface area (Å²) >= 11 is 0. The van der Waals surface area contributed by atoms with Crippen LogP contribution in [-0.4, -0.2) is 58.9 Å². The minimum absolute atomic E-state index is 0.0326. The Morgan fingerprint density at radius 3 is 2.74 bits per heavy atom. The maximum absolute atomic E-state index is 12.2. The average molecular weight is 393 g/mol. The standard InChI is InChI=1S/C20H32N4O2S/c1-4-21-20(23-18-10-12-24(14-18)19(25)16(2)3)22-11-13-27(26)15-17-8-6-5-7-9-17/h5-9,16,18H,4,10-15H2,1-3H3,(H2,21,22,23). The molecule has 1 saturated heterocycles. The molecule has 1 heterocycles. The van der Waals surface area contributed by atoms with Gasteiger partial charge in [-0.25, -0.2) is 0 Å². The van der Waals surface area contributed by atoms with E-state index in [0.29, 0.717) is 24.6 Å². The fourth-order valence-corrected chi connectivity index (χ4v) is 4.05. The van der Waals surface area contributed by atoms with Crippen LogP contribution in [0.2, 0.25) is 0 Å². The zero-order valence-corrected chi connectivity index (χ0v) is 17.4. The second kappa shape index (κ2) is 11.1. The van der Waals surface area contributed by atoms with Gasteiger partial charge in [-0.3, -0.25) is 14.0 Å². The van der Waals surface area contributed by atoms with Gasteiger partial charge in [0.15, 0.2) is 5.96 Å². The molecule has 2 N–H and O–H groups in total. The molecule has 0 spiro atoms. The summed E-state index contributed by atoms with van der Waals surface area (Å²) in [7, 11) is -0.928. The lowest BCUT2D eigenvalue weighted by Gasteiger charge is -2.20. The number of nitrogens with zero attached hydrogens (tertiary/aromatic N) is 2. The van der Waals surface area contributed by atoms with Gasteiger partial charge in [-0.2, -0.15) is 0 Å². The van der Waals surface area contributed by atoms with Crippen molar-refractivity contribution in [3.63, 3.8) is 0 Å². The first kappa shape index (κ1) is 21.4. The molecular formula is C20H32N4O2S. The van der Waals surface area contributed by atoms with E-state index in [0.717, 1.165) is 31.0 Å². The van der Waals surface area contributed by atoms with E-state index < -0.39 is 10.8 Å². The number of carbonyl (C=O) groups is 1. The first-order valence-electron chi connectivity index (χ1n) is 9.72. The summed E-state index contributed by atoms with van der Waals surface area (Å²) in [6.07, 6.45) is 0.919. The summed E-state index contributed by atoms with van der Waals surface area (Å²) in [6, 6.07) is 10.1. The van der Waals surface area contributed by atoms with Gasteiger partial charge in [0.1, 0.15) is 0 Å². The smallest absolute Gasteiger partial charge is 0.225 e. The molecule has 1 amide bonds. The van der Waals surface area contributed by atoms with Crippen LogP contribution in [-0.2, 0) is 21.3 Å². The van der Waals surface area contributed by atoms with Crippen molar-refractivity contribution in [3.8, 4) is 0 Å². The van der Waals surface area contributed by atoms with E-state index in [4.69, 9.17) is 0 Å². The second-order valence-corrected chi connectivity index (χ2v) is 8.68. The molecule has 1 aliphatic heterocycles. The number of guanidine groups is 1. The lowest BCUT2D eigenvalue weighted by atomic mass is 10.2. The minimum atomic E-state index is -0.928. The van der Waals surface area contributed by atoms with Crippen LogP contribution < -0.4 is 10.6 Å². The highest BCUT2D eigenvalue weighted by Crippen LogP contribution is 2.12. The highest BCUT2D eigenvalue weighted by Gasteiger charge is 2.27. The van der Waals surface area contributed by atoms with Crippen LogP contribution in [0.4, 0.5) is 0 Å². The molecule has 1 fully saturated rings. The summed E-state index contributed by atoms with van der Waals surface area (Å²) < 4.78 is 12.2. The number of likely N-dealkylation sites (tertiary alicyclic amines) is 1. The molecule has 27 heavy (non-hydrogen) atoms. The first-order valence-corrected chi connectivity index (χ1v) is 11.2. The van der Waals surface area contributed by atoms with E-state index in [1.54, 1.807) is 0 Å². The molecule has 0 radical (unpaired) electrons. The summed E-state index contributed by atoms with van der Waals surface area (Å²) in [4.78, 5) is 18.6. The highest BCUT2D eigenvalue weighted by molar-refractivity contribution is 7.84. The Balaban J connectivity index is 1.80. The van der Waals surface area contributed by atoms with Crippen LogP contribution in [0.15, 0.2) is 35.3 Å². The van der Waals surface area contributed by atoms with Crippen LogP contribution in [0, 0.1) is 5.92 Å². The molecule has 0 bridgehead atoms. The zero-order chi connectivity index (χ0) is 19.6. The van der Waals surface area contributed by atoms with E-state index in [1.807, 2.05) is 56.0 Å². The Morgan fingerprint density at radius 2 is 2.07 bits per heavy atom. The maximum Gasteiger partial charge on any atom is 0.225 e. The average Bonchev–Trinajstić information content (AvgIpc) is 3.10. The Kier molecular flexibility index (Phi) is 8.78. The number of benzene rings is 1.